The van der Waals surface area contributed by atoms with Crippen LogP contribution in [0.25, 0.3) is 11.1 Å². The van der Waals surface area contributed by atoms with E-state index in [0.717, 1.165) is 23.3 Å². The van der Waals surface area contributed by atoms with E-state index in [0.29, 0.717) is 41.8 Å². The number of nitrogens with zero attached hydrogens (tertiary/aromatic N) is 1. The van der Waals surface area contributed by atoms with Crippen LogP contribution in [0.4, 0.5) is 13.2 Å². The Bertz CT molecular complexity index is 1180. The molecule has 4 nitrogen and oxygen atoms in total. The number of benzene rings is 3. The Balaban J connectivity index is 1.59. The summed E-state index contributed by atoms with van der Waals surface area (Å²) in [4.78, 5) is 0. The summed E-state index contributed by atoms with van der Waals surface area (Å²) in [5.74, 6) is 0. The number of alkyl halides is 3. The minimum absolute atomic E-state index is 0.0211. The third-order valence-electron chi connectivity index (χ3n) is 5.81. The first-order valence-electron chi connectivity index (χ1n) is 10.6. The second-order valence-corrected chi connectivity index (χ2v) is 8.08. The highest BCUT2D eigenvalue weighted by molar-refractivity contribution is 5.67. The fourth-order valence-electron chi connectivity index (χ4n) is 4.22. The molecule has 2 N–H and O–H groups in total. The zero-order chi connectivity index (χ0) is 23.5. The number of rotatable bonds is 7. The summed E-state index contributed by atoms with van der Waals surface area (Å²) in [6.45, 7) is 0.993. The van der Waals surface area contributed by atoms with Crippen LogP contribution in [-0.2, 0) is 34.5 Å². The molecule has 0 aliphatic carbocycles. The standard InChI is InChI=1S/C26H23F3N2O2/c27-26(28,29)23-12-19(11-22(13-23)20-6-3-4-18(10-20)14-31)15-32-17-25(8-9-30)24-7-2-1-5-21(24)16-33-25/h1-7,10-13H,8-9,15-17,30H2. The van der Waals surface area contributed by atoms with Crippen molar-refractivity contribution in [1.29, 1.82) is 5.26 Å². The molecule has 33 heavy (non-hydrogen) atoms. The molecule has 0 saturated heterocycles. The van der Waals surface area contributed by atoms with Gasteiger partial charge >= 0.3 is 6.18 Å². The Kier molecular flexibility index (Phi) is 6.52. The van der Waals surface area contributed by atoms with Crippen LogP contribution in [-0.4, -0.2) is 13.2 Å². The number of ether oxygens (including phenoxy) is 2. The zero-order valence-electron chi connectivity index (χ0n) is 17.9. The van der Waals surface area contributed by atoms with Gasteiger partial charge < -0.3 is 15.2 Å². The van der Waals surface area contributed by atoms with Crippen molar-refractivity contribution in [2.45, 2.75) is 31.4 Å². The maximum absolute atomic E-state index is 13.6. The molecule has 0 radical (unpaired) electrons. The van der Waals surface area contributed by atoms with E-state index in [9.17, 15) is 13.2 Å². The van der Waals surface area contributed by atoms with E-state index in [2.05, 4.69) is 0 Å². The molecule has 0 saturated carbocycles. The summed E-state index contributed by atoms with van der Waals surface area (Å²) in [6, 6.07) is 20.2. The Hall–Kier alpha value is -3.18. The quantitative estimate of drug-likeness (QED) is 0.511. The van der Waals surface area contributed by atoms with Crippen LogP contribution in [0.3, 0.4) is 0 Å². The van der Waals surface area contributed by atoms with Gasteiger partial charge in [0.05, 0.1) is 37.0 Å². The predicted octanol–water partition coefficient (Wildman–Crippen LogP) is 5.54. The second-order valence-electron chi connectivity index (χ2n) is 8.08. The smallest absolute Gasteiger partial charge is 0.373 e. The molecule has 3 aromatic rings. The van der Waals surface area contributed by atoms with E-state index < -0.39 is 17.3 Å². The Morgan fingerprint density at radius 1 is 1.03 bits per heavy atom. The fourth-order valence-corrected chi connectivity index (χ4v) is 4.22. The topological polar surface area (TPSA) is 68.3 Å². The molecule has 0 fully saturated rings. The molecule has 1 aliphatic rings. The number of nitrogens with two attached hydrogens (primary N) is 1. The molecule has 0 spiro atoms. The van der Waals surface area contributed by atoms with E-state index >= 15 is 0 Å². The Morgan fingerprint density at radius 2 is 1.85 bits per heavy atom. The highest BCUT2D eigenvalue weighted by Gasteiger charge is 2.39. The van der Waals surface area contributed by atoms with Gasteiger partial charge in [-0.2, -0.15) is 18.4 Å². The molecule has 4 rings (SSSR count). The van der Waals surface area contributed by atoms with Crippen LogP contribution >= 0.6 is 0 Å². The van der Waals surface area contributed by atoms with Gasteiger partial charge in [-0.15, -0.1) is 0 Å². The van der Waals surface area contributed by atoms with Crippen LogP contribution < -0.4 is 5.73 Å². The van der Waals surface area contributed by atoms with Gasteiger partial charge in [0.2, 0.25) is 0 Å². The first kappa shape index (κ1) is 23.0. The molecule has 1 heterocycles. The molecule has 0 aromatic heterocycles. The zero-order valence-corrected chi connectivity index (χ0v) is 17.9. The van der Waals surface area contributed by atoms with Gasteiger partial charge in [0.15, 0.2) is 0 Å². The highest BCUT2D eigenvalue weighted by atomic mass is 19.4. The van der Waals surface area contributed by atoms with E-state index in [-0.39, 0.29) is 13.2 Å². The van der Waals surface area contributed by atoms with Gasteiger partial charge in [-0.3, -0.25) is 0 Å². The van der Waals surface area contributed by atoms with Gasteiger partial charge in [0, 0.05) is 0 Å². The summed E-state index contributed by atoms with van der Waals surface area (Å²) in [5.41, 5.74) is 8.10. The minimum Gasteiger partial charge on any atom is -0.373 e. The lowest BCUT2D eigenvalue weighted by molar-refractivity contribution is -0.137. The lowest BCUT2D eigenvalue weighted by Crippen LogP contribution is -2.34. The van der Waals surface area contributed by atoms with Crippen LogP contribution in [0, 0.1) is 11.3 Å². The summed E-state index contributed by atoms with van der Waals surface area (Å²) < 4.78 is 52.7. The van der Waals surface area contributed by atoms with E-state index in [1.807, 2.05) is 30.3 Å². The first-order valence-corrected chi connectivity index (χ1v) is 10.6. The summed E-state index contributed by atoms with van der Waals surface area (Å²) in [5, 5.41) is 9.13. The summed E-state index contributed by atoms with van der Waals surface area (Å²) in [7, 11) is 0. The van der Waals surface area contributed by atoms with Crippen LogP contribution in [0.1, 0.15) is 34.2 Å². The number of halogens is 3. The van der Waals surface area contributed by atoms with Crippen molar-refractivity contribution in [2.75, 3.05) is 13.2 Å². The maximum atomic E-state index is 13.6. The lowest BCUT2D eigenvalue weighted by Gasteiger charge is -2.29. The van der Waals surface area contributed by atoms with Crippen molar-refractivity contribution in [3.63, 3.8) is 0 Å². The molecule has 0 amide bonds. The summed E-state index contributed by atoms with van der Waals surface area (Å²) >= 11 is 0. The van der Waals surface area contributed by atoms with Gasteiger partial charge in [-0.05, 0) is 71.1 Å². The molecule has 3 aromatic carbocycles. The highest BCUT2D eigenvalue weighted by Crippen LogP contribution is 2.40. The van der Waals surface area contributed by atoms with E-state index in [1.54, 1.807) is 30.3 Å². The molecule has 0 bridgehead atoms. The predicted molar refractivity (Wildman–Crippen MR) is 118 cm³/mol. The molecule has 1 atom stereocenters. The third kappa shape index (κ3) is 4.93. The molecular weight excluding hydrogens is 429 g/mol. The van der Waals surface area contributed by atoms with E-state index in [1.165, 1.54) is 0 Å². The van der Waals surface area contributed by atoms with Gasteiger partial charge in [-0.1, -0.05) is 36.4 Å². The van der Waals surface area contributed by atoms with Gasteiger partial charge in [0.1, 0.15) is 5.60 Å². The molecule has 1 aliphatic heterocycles. The van der Waals surface area contributed by atoms with Gasteiger partial charge in [0.25, 0.3) is 0 Å². The Labute approximate surface area is 190 Å². The average molecular weight is 452 g/mol. The van der Waals surface area contributed by atoms with E-state index in [4.69, 9.17) is 20.5 Å². The van der Waals surface area contributed by atoms with Crippen LogP contribution in [0.2, 0.25) is 0 Å². The monoisotopic (exact) mass is 452 g/mol. The Morgan fingerprint density at radius 3 is 2.61 bits per heavy atom. The minimum atomic E-state index is -4.51. The molecule has 7 heteroatoms. The SMILES string of the molecule is N#Cc1cccc(-c2cc(COCC3(CCN)OCc4ccccc43)cc(C(F)(F)F)c2)c1. The molecular formula is C26H23F3N2O2. The number of fused-ring (bicyclic) bond motifs is 1. The average Bonchev–Trinajstić information content (AvgIpc) is 3.17. The lowest BCUT2D eigenvalue weighted by atomic mass is 9.90. The second kappa shape index (κ2) is 9.36. The van der Waals surface area contributed by atoms with Crippen LogP contribution in [0.15, 0.2) is 66.7 Å². The normalized spacial score (nSPS) is 17.5. The van der Waals surface area contributed by atoms with Crippen molar-refractivity contribution in [1.82, 2.24) is 0 Å². The first-order chi connectivity index (χ1) is 15.8. The van der Waals surface area contributed by atoms with Crippen molar-refractivity contribution >= 4 is 0 Å². The number of hydrogen-bond acceptors (Lipinski definition) is 4. The van der Waals surface area contributed by atoms with Crippen LogP contribution in [0.5, 0.6) is 0 Å². The van der Waals surface area contributed by atoms with Crippen molar-refractivity contribution in [2.24, 2.45) is 5.73 Å². The third-order valence-corrected chi connectivity index (χ3v) is 5.81. The number of nitriles is 1. The van der Waals surface area contributed by atoms with Gasteiger partial charge in [-0.25, -0.2) is 0 Å². The molecule has 170 valence electrons. The summed E-state index contributed by atoms with van der Waals surface area (Å²) in [6.07, 6.45) is -3.97. The largest absolute Gasteiger partial charge is 0.416 e. The van der Waals surface area contributed by atoms with Crippen molar-refractivity contribution in [3.8, 4) is 17.2 Å². The van der Waals surface area contributed by atoms with Crippen molar-refractivity contribution < 1.29 is 22.6 Å². The van der Waals surface area contributed by atoms with Crippen molar-refractivity contribution in [3.05, 3.63) is 94.5 Å². The molecule has 1 unspecified atom stereocenters. The fraction of sp³-hybridized carbons (Fsp3) is 0.269. The number of hydrogen-bond donors (Lipinski definition) is 1. The maximum Gasteiger partial charge on any atom is 0.416 e.